The predicted octanol–water partition coefficient (Wildman–Crippen LogP) is 2.83. The summed E-state index contributed by atoms with van der Waals surface area (Å²) in [7, 11) is 0. The first-order valence-electron chi connectivity index (χ1n) is 5.74. The highest BCUT2D eigenvalue weighted by atomic mass is 16.5. The lowest BCUT2D eigenvalue weighted by Crippen LogP contribution is -2.01. The third-order valence-corrected chi connectivity index (χ3v) is 2.61. The van der Waals surface area contributed by atoms with Crippen LogP contribution in [0, 0.1) is 0 Å². The van der Waals surface area contributed by atoms with Gasteiger partial charge in [0.15, 0.2) is 0 Å². The van der Waals surface area contributed by atoms with E-state index in [9.17, 15) is 4.79 Å². The lowest BCUT2D eigenvalue weighted by atomic mass is 10.1. The quantitative estimate of drug-likeness (QED) is 0.820. The van der Waals surface area contributed by atoms with Crippen molar-refractivity contribution in [1.82, 2.24) is 0 Å². The minimum absolute atomic E-state index is 0.268. The number of carbonyl (C=O) groups excluding carboxylic acids is 1. The summed E-state index contributed by atoms with van der Waals surface area (Å²) in [6.45, 7) is 0.561. The van der Waals surface area contributed by atoms with Crippen molar-refractivity contribution in [1.29, 1.82) is 0 Å². The highest BCUT2D eigenvalue weighted by Gasteiger charge is 1.97. The van der Waals surface area contributed by atoms with E-state index < -0.39 is 0 Å². The molecule has 3 nitrogen and oxygen atoms in total. The Labute approximate surface area is 106 Å². The van der Waals surface area contributed by atoms with Gasteiger partial charge in [0.1, 0.15) is 17.8 Å². The Balaban J connectivity index is 1.84. The van der Waals surface area contributed by atoms with E-state index in [2.05, 4.69) is 0 Å². The van der Waals surface area contributed by atoms with E-state index in [1.165, 1.54) is 0 Å². The molecule has 0 atom stereocenters. The summed E-state index contributed by atoms with van der Waals surface area (Å²) in [5, 5.41) is 9.15. The number of ether oxygens (including phenoxy) is 1. The molecule has 0 aromatic heterocycles. The number of rotatable bonds is 5. The molecule has 0 aliphatic rings. The van der Waals surface area contributed by atoms with Gasteiger partial charge in [0.2, 0.25) is 0 Å². The molecular formula is C15H14O3. The summed E-state index contributed by atoms with van der Waals surface area (Å²) in [6.07, 6.45) is 1.58. The van der Waals surface area contributed by atoms with E-state index in [1.807, 2.05) is 12.1 Å². The van der Waals surface area contributed by atoms with Crippen LogP contribution >= 0.6 is 0 Å². The van der Waals surface area contributed by atoms with Gasteiger partial charge in [-0.15, -0.1) is 0 Å². The fraction of sp³-hybridized carbons (Fsp3) is 0.133. The minimum Gasteiger partial charge on any atom is -0.508 e. The molecule has 0 bridgehead atoms. The lowest BCUT2D eigenvalue weighted by molar-refractivity contribution is 0.112. The molecule has 0 saturated heterocycles. The number of phenolic OH excluding ortho intramolecular Hbond substituents is 1. The molecule has 0 amide bonds. The highest BCUT2D eigenvalue weighted by molar-refractivity contribution is 5.74. The Kier molecular flexibility index (Phi) is 3.97. The topological polar surface area (TPSA) is 46.5 Å². The number of benzene rings is 2. The second-order valence-electron chi connectivity index (χ2n) is 3.95. The Morgan fingerprint density at radius 1 is 1.00 bits per heavy atom. The molecule has 0 heterocycles. The van der Waals surface area contributed by atoms with Crippen molar-refractivity contribution >= 4 is 6.29 Å². The fourth-order valence-electron chi connectivity index (χ4n) is 1.59. The van der Waals surface area contributed by atoms with Gasteiger partial charge in [0, 0.05) is 12.0 Å². The number of aromatic hydroxyl groups is 1. The van der Waals surface area contributed by atoms with Gasteiger partial charge in [-0.3, -0.25) is 4.79 Å². The average Bonchev–Trinajstić information content (AvgIpc) is 2.42. The molecule has 0 unspecified atom stereocenters. The first kappa shape index (κ1) is 12.2. The van der Waals surface area contributed by atoms with Crippen LogP contribution in [-0.2, 0) is 6.42 Å². The lowest BCUT2D eigenvalue weighted by Gasteiger charge is -2.06. The van der Waals surface area contributed by atoms with E-state index in [0.29, 0.717) is 12.2 Å². The van der Waals surface area contributed by atoms with Crippen LogP contribution in [-0.4, -0.2) is 18.0 Å². The second kappa shape index (κ2) is 5.87. The average molecular weight is 242 g/mol. The monoisotopic (exact) mass is 242 g/mol. The van der Waals surface area contributed by atoms with Crippen molar-refractivity contribution in [3.05, 3.63) is 59.7 Å². The first-order chi connectivity index (χ1) is 8.78. The van der Waals surface area contributed by atoms with Gasteiger partial charge in [-0.25, -0.2) is 0 Å². The molecule has 2 rings (SSSR count). The van der Waals surface area contributed by atoms with Crippen molar-refractivity contribution in [2.24, 2.45) is 0 Å². The zero-order valence-electron chi connectivity index (χ0n) is 9.87. The third-order valence-electron chi connectivity index (χ3n) is 2.61. The van der Waals surface area contributed by atoms with Crippen LogP contribution in [0.5, 0.6) is 11.5 Å². The Bertz CT molecular complexity index is 500. The molecule has 0 aliphatic carbocycles. The summed E-state index contributed by atoms with van der Waals surface area (Å²) in [4.78, 5) is 10.5. The van der Waals surface area contributed by atoms with Crippen LogP contribution in [0.15, 0.2) is 48.5 Å². The van der Waals surface area contributed by atoms with Crippen molar-refractivity contribution in [2.45, 2.75) is 6.42 Å². The summed E-state index contributed by atoms with van der Waals surface area (Å²) in [6, 6.07) is 14.1. The number of hydrogen-bond acceptors (Lipinski definition) is 3. The third kappa shape index (κ3) is 3.35. The van der Waals surface area contributed by atoms with Gasteiger partial charge in [-0.05, 0) is 42.0 Å². The van der Waals surface area contributed by atoms with Gasteiger partial charge in [-0.1, -0.05) is 12.1 Å². The predicted molar refractivity (Wildman–Crippen MR) is 69.1 cm³/mol. The number of aldehydes is 1. The molecule has 1 N–H and O–H groups in total. The normalized spacial score (nSPS) is 10.0. The maximum absolute atomic E-state index is 10.5. The summed E-state index contributed by atoms with van der Waals surface area (Å²) in [5.41, 5.74) is 1.75. The van der Waals surface area contributed by atoms with Crippen LogP contribution in [0.1, 0.15) is 15.9 Å². The van der Waals surface area contributed by atoms with Crippen LogP contribution in [0.25, 0.3) is 0 Å². The summed E-state index contributed by atoms with van der Waals surface area (Å²) < 4.78 is 5.56. The Hall–Kier alpha value is -2.29. The maximum atomic E-state index is 10.5. The zero-order valence-corrected chi connectivity index (χ0v) is 9.87. The molecule has 2 aromatic rings. The standard InChI is InChI=1S/C15H14O3/c16-11-13-3-7-15(8-4-13)18-10-9-12-1-5-14(17)6-2-12/h1-8,11,17H,9-10H2. The van der Waals surface area contributed by atoms with Gasteiger partial charge < -0.3 is 9.84 Å². The molecule has 92 valence electrons. The number of phenols is 1. The zero-order chi connectivity index (χ0) is 12.8. The van der Waals surface area contributed by atoms with Crippen LogP contribution < -0.4 is 4.74 Å². The highest BCUT2D eigenvalue weighted by Crippen LogP contribution is 2.13. The van der Waals surface area contributed by atoms with Crippen molar-refractivity contribution in [3.8, 4) is 11.5 Å². The van der Waals surface area contributed by atoms with Gasteiger partial charge in [-0.2, -0.15) is 0 Å². The smallest absolute Gasteiger partial charge is 0.150 e. The maximum Gasteiger partial charge on any atom is 0.150 e. The molecule has 0 saturated carbocycles. The van der Waals surface area contributed by atoms with Crippen LogP contribution in [0.4, 0.5) is 0 Å². The second-order valence-corrected chi connectivity index (χ2v) is 3.95. The van der Waals surface area contributed by atoms with Gasteiger partial charge >= 0.3 is 0 Å². The van der Waals surface area contributed by atoms with Crippen molar-refractivity contribution < 1.29 is 14.6 Å². The van der Waals surface area contributed by atoms with Crippen molar-refractivity contribution in [3.63, 3.8) is 0 Å². The molecular weight excluding hydrogens is 228 g/mol. The molecule has 0 fully saturated rings. The molecule has 18 heavy (non-hydrogen) atoms. The van der Waals surface area contributed by atoms with E-state index in [0.717, 1.165) is 24.0 Å². The SMILES string of the molecule is O=Cc1ccc(OCCc2ccc(O)cc2)cc1. The van der Waals surface area contributed by atoms with Gasteiger partial charge in [0.05, 0.1) is 6.61 Å². The molecule has 3 heteroatoms. The van der Waals surface area contributed by atoms with E-state index in [1.54, 1.807) is 36.4 Å². The van der Waals surface area contributed by atoms with E-state index in [4.69, 9.17) is 9.84 Å². The number of carbonyl (C=O) groups is 1. The number of hydrogen-bond donors (Lipinski definition) is 1. The minimum atomic E-state index is 0.268. The molecule has 0 radical (unpaired) electrons. The van der Waals surface area contributed by atoms with Crippen molar-refractivity contribution in [2.75, 3.05) is 6.61 Å². The van der Waals surface area contributed by atoms with E-state index >= 15 is 0 Å². The van der Waals surface area contributed by atoms with Gasteiger partial charge in [0.25, 0.3) is 0 Å². The fourth-order valence-corrected chi connectivity index (χ4v) is 1.59. The summed E-state index contributed by atoms with van der Waals surface area (Å²) >= 11 is 0. The molecule has 0 aliphatic heterocycles. The van der Waals surface area contributed by atoms with Crippen LogP contribution in [0.2, 0.25) is 0 Å². The Morgan fingerprint density at radius 2 is 1.67 bits per heavy atom. The Morgan fingerprint density at radius 3 is 2.28 bits per heavy atom. The van der Waals surface area contributed by atoms with Crippen LogP contribution in [0.3, 0.4) is 0 Å². The van der Waals surface area contributed by atoms with E-state index in [-0.39, 0.29) is 5.75 Å². The summed E-state index contributed by atoms with van der Waals surface area (Å²) in [5.74, 6) is 1.02. The molecule has 0 spiro atoms. The first-order valence-corrected chi connectivity index (χ1v) is 5.74. The largest absolute Gasteiger partial charge is 0.508 e. The molecule has 2 aromatic carbocycles.